The summed E-state index contributed by atoms with van der Waals surface area (Å²) in [5.41, 5.74) is 16.0. The molecule has 5 N–H and O–H groups in total. The number of benzene rings is 2. The number of nitrogen functional groups attached to an aromatic ring is 2. The molecule has 0 atom stereocenters. The number of rotatable bonds is 11. The number of ether oxygens (including phenoxy) is 1. The maximum absolute atomic E-state index is 12.3. The fourth-order valence-corrected chi connectivity index (χ4v) is 5.37. The Morgan fingerprint density at radius 1 is 0.722 bits per heavy atom. The number of aryl methyl sites for hydroxylation is 2. The minimum absolute atomic E-state index is 0.0601. The SMILES string of the molecule is COC(=O)c1cnn(C)c1/N=N/c1c(-c2ccccc2)nn(-c2cc(-n3nc(-c4ccccc4)c(/N=N/c4c(C(=O)CO)cnn4C)c3N)ncn2)c1N. The number of ketones is 1. The Morgan fingerprint density at radius 2 is 1.19 bits per heavy atom. The summed E-state index contributed by atoms with van der Waals surface area (Å²) in [5.74, 6) is -0.351. The Morgan fingerprint density at radius 3 is 1.65 bits per heavy atom. The first-order valence-electron chi connectivity index (χ1n) is 16.0. The number of anilines is 2. The molecular formula is C34H30N16O4. The first-order chi connectivity index (χ1) is 26.2. The predicted octanol–water partition coefficient (Wildman–Crippen LogP) is 4.61. The molecule has 2 aromatic carbocycles. The number of aliphatic hydroxyl groups excluding tert-OH is 1. The van der Waals surface area contributed by atoms with Gasteiger partial charge in [0.05, 0.1) is 25.1 Å². The van der Waals surface area contributed by atoms with Gasteiger partial charge in [0.2, 0.25) is 0 Å². The van der Waals surface area contributed by atoms with Gasteiger partial charge in [-0.2, -0.15) is 29.8 Å². The van der Waals surface area contributed by atoms with E-state index in [0.717, 1.165) is 0 Å². The topological polar surface area (TPSA) is 262 Å². The molecule has 0 radical (unpaired) electrons. The lowest BCUT2D eigenvalue weighted by molar-refractivity contribution is 0.0601. The van der Waals surface area contributed by atoms with Crippen molar-refractivity contribution in [1.82, 2.24) is 49.1 Å². The summed E-state index contributed by atoms with van der Waals surface area (Å²) in [4.78, 5) is 33.5. The van der Waals surface area contributed by atoms with E-state index in [2.05, 4.69) is 40.6 Å². The van der Waals surface area contributed by atoms with Crippen LogP contribution in [0.4, 0.5) is 34.6 Å². The second-order valence-corrected chi connectivity index (χ2v) is 11.4. The van der Waals surface area contributed by atoms with Gasteiger partial charge in [-0.3, -0.25) is 4.79 Å². The van der Waals surface area contributed by atoms with Crippen molar-refractivity contribution in [2.45, 2.75) is 0 Å². The summed E-state index contributed by atoms with van der Waals surface area (Å²) in [6.07, 6.45) is 3.93. The standard InChI is InChI=1S/C34H30N16O4/c1-47-32(21(15-39-47)23(52)17-51)43-41-28-26(19-10-6-4-7-11-19)45-49(30(28)35)24-14-25(38-18-37-24)50-31(36)29(27(46-50)20-12-8-5-9-13-20)42-44-33-22(34(53)54-3)16-40-48(33)2/h4-16,18,51H,17,35-36H2,1-3H3/b43-41+,44-42+. The molecule has 0 bridgehead atoms. The van der Waals surface area contributed by atoms with Crippen molar-refractivity contribution in [1.29, 1.82) is 0 Å². The van der Waals surface area contributed by atoms with Crippen molar-refractivity contribution >= 4 is 46.4 Å². The van der Waals surface area contributed by atoms with E-state index >= 15 is 0 Å². The number of aliphatic hydroxyl groups is 1. The summed E-state index contributed by atoms with van der Waals surface area (Å²) in [5, 5.41) is 44.5. The van der Waals surface area contributed by atoms with Crippen molar-refractivity contribution in [3.63, 3.8) is 0 Å². The summed E-state index contributed by atoms with van der Waals surface area (Å²) in [7, 11) is 4.46. The Bertz CT molecular complexity index is 2390. The number of Topliss-reactive ketones (excluding diaryl/α,β-unsaturated/α-hetero) is 1. The Hall–Kier alpha value is -7.74. The average molecular weight is 727 g/mol. The van der Waals surface area contributed by atoms with E-state index in [9.17, 15) is 14.7 Å². The molecular weight excluding hydrogens is 696 g/mol. The van der Waals surface area contributed by atoms with Crippen LogP contribution >= 0.6 is 0 Å². The van der Waals surface area contributed by atoms with Crippen molar-refractivity contribution in [3.05, 3.63) is 96.6 Å². The Balaban J connectivity index is 1.33. The van der Waals surface area contributed by atoms with Gasteiger partial charge in [0.25, 0.3) is 0 Å². The van der Waals surface area contributed by atoms with E-state index in [4.69, 9.17) is 26.4 Å². The fraction of sp³-hybridized carbons (Fsp3) is 0.118. The molecule has 7 rings (SSSR count). The lowest BCUT2D eigenvalue weighted by Gasteiger charge is -2.06. The monoisotopic (exact) mass is 726 g/mol. The highest BCUT2D eigenvalue weighted by atomic mass is 16.5. The lowest BCUT2D eigenvalue weighted by Crippen LogP contribution is -2.09. The molecule has 20 heteroatoms. The van der Waals surface area contributed by atoms with E-state index in [1.807, 2.05) is 60.7 Å². The molecule has 20 nitrogen and oxygen atoms in total. The van der Waals surface area contributed by atoms with Crippen LogP contribution in [-0.4, -0.2) is 79.7 Å². The zero-order chi connectivity index (χ0) is 37.9. The molecule has 0 aliphatic heterocycles. The van der Waals surface area contributed by atoms with Gasteiger partial charge < -0.3 is 21.3 Å². The molecule has 0 fully saturated rings. The van der Waals surface area contributed by atoms with Gasteiger partial charge >= 0.3 is 5.97 Å². The van der Waals surface area contributed by atoms with Crippen LogP contribution in [0, 0.1) is 0 Å². The van der Waals surface area contributed by atoms with Crippen LogP contribution in [0.5, 0.6) is 0 Å². The summed E-state index contributed by atoms with van der Waals surface area (Å²) in [6.45, 7) is -0.724. The molecule has 5 heterocycles. The Kier molecular flexibility index (Phi) is 9.30. The van der Waals surface area contributed by atoms with Gasteiger partial charge in [0.15, 0.2) is 52.1 Å². The van der Waals surface area contributed by atoms with E-state index in [1.54, 1.807) is 20.2 Å². The number of esters is 1. The molecule has 7 aromatic rings. The van der Waals surface area contributed by atoms with E-state index < -0.39 is 18.4 Å². The first kappa shape index (κ1) is 34.7. The second-order valence-electron chi connectivity index (χ2n) is 11.4. The van der Waals surface area contributed by atoms with E-state index in [-0.39, 0.29) is 57.4 Å². The maximum atomic E-state index is 12.3. The third-order valence-corrected chi connectivity index (χ3v) is 8.11. The van der Waals surface area contributed by atoms with Crippen LogP contribution in [-0.2, 0) is 18.8 Å². The third kappa shape index (κ3) is 6.34. The number of nitrogens with zero attached hydrogens (tertiary/aromatic N) is 14. The first-order valence-corrected chi connectivity index (χ1v) is 16.0. The molecule has 0 amide bonds. The second kappa shape index (κ2) is 14.5. The predicted molar refractivity (Wildman–Crippen MR) is 193 cm³/mol. The highest BCUT2D eigenvalue weighted by Crippen LogP contribution is 2.39. The summed E-state index contributed by atoms with van der Waals surface area (Å²) < 4.78 is 10.3. The Labute approximate surface area is 305 Å². The van der Waals surface area contributed by atoms with Crippen molar-refractivity contribution in [3.8, 4) is 34.2 Å². The van der Waals surface area contributed by atoms with Gasteiger partial charge in [0.1, 0.15) is 29.9 Å². The highest BCUT2D eigenvalue weighted by Gasteiger charge is 2.24. The molecule has 0 aliphatic carbocycles. The quantitative estimate of drug-likeness (QED) is 0.0938. The van der Waals surface area contributed by atoms with Gasteiger partial charge in [-0.05, 0) is 0 Å². The normalized spacial score (nSPS) is 11.6. The number of carbonyl (C=O) groups excluding carboxylic acids is 2. The lowest BCUT2D eigenvalue weighted by atomic mass is 10.1. The molecule has 0 unspecified atom stereocenters. The number of azo groups is 2. The van der Waals surface area contributed by atoms with Crippen LogP contribution in [0.2, 0.25) is 0 Å². The van der Waals surface area contributed by atoms with Crippen molar-refractivity contribution in [2.75, 3.05) is 25.2 Å². The number of aromatic nitrogens is 10. The highest BCUT2D eigenvalue weighted by molar-refractivity contribution is 6.00. The molecule has 5 aromatic heterocycles. The number of carbonyl (C=O) groups is 2. The van der Waals surface area contributed by atoms with Crippen molar-refractivity contribution < 1.29 is 19.4 Å². The van der Waals surface area contributed by atoms with Gasteiger partial charge in [-0.1, -0.05) is 60.7 Å². The third-order valence-electron chi connectivity index (χ3n) is 8.11. The van der Waals surface area contributed by atoms with Crippen molar-refractivity contribution in [2.24, 2.45) is 34.6 Å². The zero-order valence-electron chi connectivity index (χ0n) is 28.9. The minimum Gasteiger partial charge on any atom is -0.465 e. The number of hydrogen-bond acceptors (Lipinski definition) is 16. The zero-order valence-corrected chi connectivity index (χ0v) is 28.9. The van der Waals surface area contributed by atoms with Gasteiger partial charge in [-0.25, -0.2) is 24.1 Å². The summed E-state index contributed by atoms with van der Waals surface area (Å²) >= 11 is 0. The maximum Gasteiger partial charge on any atom is 0.343 e. The molecule has 270 valence electrons. The van der Waals surface area contributed by atoms with Crippen LogP contribution in [0.1, 0.15) is 20.7 Å². The van der Waals surface area contributed by atoms with Crippen LogP contribution in [0.3, 0.4) is 0 Å². The molecule has 0 saturated carbocycles. The fourth-order valence-electron chi connectivity index (χ4n) is 5.37. The molecule has 54 heavy (non-hydrogen) atoms. The van der Waals surface area contributed by atoms with Gasteiger partial charge in [0, 0.05) is 31.3 Å². The summed E-state index contributed by atoms with van der Waals surface area (Å²) in [6, 6.07) is 19.9. The number of nitrogens with two attached hydrogens (primary N) is 2. The van der Waals surface area contributed by atoms with Crippen LogP contribution in [0.15, 0.2) is 106 Å². The minimum atomic E-state index is -0.724. The van der Waals surface area contributed by atoms with Gasteiger partial charge in [-0.15, -0.1) is 20.5 Å². The number of methoxy groups -OCH3 is 1. The largest absolute Gasteiger partial charge is 0.465 e. The van der Waals surface area contributed by atoms with Crippen LogP contribution < -0.4 is 11.5 Å². The molecule has 0 spiro atoms. The smallest absolute Gasteiger partial charge is 0.343 e. The van der Waals surface area contributed by atoms with E-state index in [0.29, 0.717) is 22.5 Å². The van der Waals surface area contributed by atoms with E-state index in [1.165, 1.54) is 44.6 Å². The van der Waals surface area contributed by atoms with Crippen LogP contribution in [0.25, 0.3) is 34.2 Å². The number of hydrogen-bond donors (Lipinski definition) is 3. The molecule has 0 saturated heterocycles. The average Bonchev–Trinajstić information content (AvgIpc) is 3.95. The molecule has 0 aliphatic rings.